The van der Waals surface area contributed by atoms with Crippen LogP contribution in [-0.2, 0) is 17.3 Å². The van der Waals surface area contributed by atoms with E-state index in [1.54, 1.807) is 26.1 Å². The van der Waals surface area contributed by atoms with Crippen LogP contribution in [0, 0.1) is 24.6 Å². The van der Waals surface area contributed by atoms with Crippen LogP contribution in [0.4, 0.5) is 10.1 Å². The Morgan fingerprint density at radius 2 is 1.94 bits per heavy atom. The van der Waals surface area contributed by atoms with Crippen LogP contribution in [0.5, 0.6) is 11.5 Å². The fourth-order valence-electron chi connectivity index (χ4n) is 4.11. The van der Waals surface area contributed by atoms with E-state index in [-0.39, 0.29) is 27.8 Å². The average Bonchev–Trinajstić information content (AvgIpc) is 3.36. The number of piperidine rings is 1. The molecule has 1 saturated heterocycles. The summed E-state index contributed by atoms with van der Waals surface area (Å²) in [5.41, 5.74) is 0.693. The number of hydrogen-bond acceptors (Lipinski definition) is 5. The maximum Gasteiger partial charge on any atom is 0.301 e. The molecule has 2 atom stereocenters. The number of hydrogen-bond donors (Lipinski definition) is 1. The fourth-order valence-corrected chi connectivity index (χ4v) is 5.76. The highest BCUT2D eigenvalue weighted by Crippen LogP contribution is 2.46. The van der Waals surface area contributed by atoms with Gasteiger partial charge in [0.05, 0.1) is 22.9 Å². The van der Waals surface area contributed by atoms with Crippen molar-refractivity contribution in [3.63, 3.8) is 0 Å². The summed E-state index contributed by atoms with van der Waals surface area (Å²) >= 11 is 6.35. The molecule has 1 aromatic heterocycles. The summed E-state index contributed by atoms with van der Waals surface area (Å²) in [6, 6.07) is 5.49. The minimum Gasteiger partial charge on any atom is -0.452 e. The van der Waals surface area contributed by atoms with Crippen molar-refractivity contribution in [2.24, 2.45) is 18.9 Å². The normalized spacial score (nSPS) is 20.4. The van der Waals surface area contributed by atoms with Crippen molar-refractivity contribution in [3.05, 3.63) is 57.3 Å². The van der Waals surface area contributed by atoms with E-state index in [0.29, 0.717) is 41.4 Å². The molecule has 2 aliphatic rings. The Kier molecular flexibility index (Phi) is 4.92. The van der Waals surface area contributed by atoms with Crippen molar-refractivity contribution in [1.29, 1.82) is 0 Å². The minimum atomic E-state index is -3.82. The van der Waals surface area contributed by atoms with Gasteiger partial charge in [-0.1, -0.05) is 11.6 Å². The molecule has 1 aliphatic heterocycles. The first-order chi connectivity index (χ1) is 15.2. The van der Waals surface area contributed by atoms with E-state index in [1.807, 2.05) is 0 Å². The third kappa shape index (κ3) is 3.52. The molecule has 0 spiro atoms. The fraction of sp³-hybridized carbons (Fsp3) is 0.333. The second kappa shape index (κ2) is 7.43. The van der Waals surface area contributed by atoms with Crippen LogP contribution in [0.2, 0.25) is 5.02 Å². The highest BCUT2D eigenvalue weighted by Gasteiger charge is 2.48. The smallest absolute Gasteiger partial charge is 0.301 e. The van der Waals surface area contributed by atoms with Gasteiger partial charge in [0, 0.05) is 25.7 Å². The number of aromatic nitrogens is 2. The van der Waals surface area contributed by atoms with Gasteiger partial charge in [-0.15, -0.1) is 0 Å². The van der Waals surface area contributed by atoms with E-state index in [0.717, 1.165) is 12.5 Å². The number of fused-ring (bicyclic) bond motifs is 2. The third-order valence-corrected chi connectivity index (χ3v) is 7.91. The molecule has 5 rings (SSSR count). The highest BCUT2D eigenvalue weighted by atomic mass is 35.5. The molecule has 168 valence electrons. The summed E-state index contributed by atoms with van der Waals surface area (Å²) in [4.78, 5) is 16.7. The van der Waals surface area contributed by atoms with Crippen LogP contribution < -0.4 is 15.0 Å². The van der Waals surface area contributed by atoms with Crippen LogP contribution in [0.3, 0.4) is 0 Å². The van der Waals surface area contributed by atoms with Crippen molar-refractivity contribution in [2.75, 3.05) is 17.8 Å². The zero-order valence-electron chi connectivity index (χ0n) is 17.3. The second-order valence-electron chi connectivity index (χ2n) is 8.26. The van der Waals surface area contributed by atoms with Gasteiger partial charge in [-0.3, -0.25) is 9.52 Å². The second-order valence-corrected chi connectivity index (χ2v) is 10.3. The lowest BCUT2D eigenvalue weighted by Gasteiger charge is -2.20. The van der Waals surface area contributed by atoms with Gasteiger partial charge in [-0.25, -0.2) is 9.37 Å². The van der Waals surface area contributed by atoms with Crippen molar-refractivity contribution in [2.45, 2.75) is 13.3 Å². The molecular formula is C21H20ClFN4O4S. The van der Waals surface area contributed by atoms with Crippen LogP contribution >= 0.6 is 11.6 Å². The molecule has 0 radical (unpaired) electrons. The number of halogens is 2. The van der Waals surface area contributed by atoms with Crippen LogP contribution in [0.15, 0.2) is 35.4 Å². The van der Waals surface area contributed by atoms with Crippen LogP contribution in [0.1, 0.15) is 12.0 Å². The molecular weight excluding hydrogens is 459 g/mol. The average molecular weight is 479 g/mol. The molecule has 1 N–H and O–H groups in total. The number of benzene rings is 2. The Balaban J connectivity index is 1.49. The highest BCUT2D eigenvalue weighted by molar-refractivity contribution is 7.90. The number of anilines is 1. The van der Waals surface area contributed by atoms with Gasteiger partial charge >= 0.3 is 10.2 Å². The van der Waals surface area contributed by atoms with Gasteiger partial charge in [-0.05, 0) is 49.4 Å². The molecule has 1 aliphatic carbocycles. The quantitative estimate of drug-likeness (QED) is 0.606. The molecule has 8 nitrogen and oxygen atoms in total. The maximum absolute atomic E-state index is 14.6. The topological polar surface area (TPSA) is 93.5 Å². The number of rotatable bonds is 5. The van der Waals surface area contributed by atoms with Gasteiger partial charge in [0.2, 0.25) is 0 Å². The molecule has 1 saturated carbocycles. The number of nitrogens with zero attached hydrogens (tertiary/aromatic N) is 3. The van der Waals surface area contributed by atoms with Crippen molar-refractivity contribution in [1.82, 2.24) is 13.9 Å². The van der Waals surface area contributed by atoms with E-state index in [9.17, 15) is 17.6 Å². The molecule has 2 unspecified atom stereocenters. The zero-order valence-corrected chi connectivity index (χ0v) is 18.9. The molecule has 11 heteroatoms. The Hall–Kier alpha value is -2.69. The predicted molar refractivity (Wildman–Crippen MR) is 119 cm³/mol. The first kappa shape index (κ1) is 21.2. The number of nitrogens with one attached hydrogen (secondary N) is 1. The van der Waals surface area contributed by atoms with E-state index >= 15 is 0 Å². The van der Waals surface area contributed by atoms with Gasteiger partial charge in [0.1, 0.15) is 10.8 Å². The van der Waals surface area contributed by atoms with Crippen LogP contribution in [0.25, 0.3) is 10.9 Å². The SMILES string of the molecule is Cc1c(Oc2c(F)ccc(NS(=O)(=O)N3CC4CC4C3)c2Cl)ccc2ncn(C)c(=O)c12. The summed E-state index contributed by atoms with van der Waals surface area (Å²) in [5.74, 6) is -0.0410. The lowest BCUT2D eigenvalue weighted by Crippen LogP contribution is -2.35. The number of aryl methyl sites for hydroxylation is 2. The van der Waals surface area contributed by atoms with E-state index < -0.39 is 16.0 Å². The van der Waals surface area contributed by atoms with E-state index in [2.05, 4.69) is 9.71 Å². The predicted octanol–water partition coefficient (Wildman–Crippen LogP) is 3.44. The summed E-state index contributed by atoms with van der Waals surface area (Å²) in [5, 5.41) is 0.130. The summed E-state index contributed by atoms with van der Waals surface area (Å²) in [7, 11) is -2.24. The molecule has 2 fully saturated rings. The van der Waals surface area contributed by atoms with Gasteiger partial charge in [0.15, 0.2) is 11.6 Å². The molecule has 3 aromatic rings. The molecule has 0 bridgehead atoms. The van der Waals surface area contributed by atoms with Gasteiger partial charge < -0.3 is 9.30 Å². The minimum absolute atomic E-state index is 0.0136. The first-order valence-electron chi connectivity index (χ1n) is 10.0. The van der Waals surface area contributed by atoms with Gasteiger partial charge in [-0.2, -0.15) is 12.7 Å². The lowest BCUT2D eigenvalue weighted by molar-refractivity contribution is 0.440. The number of ether oxygens (including phenoxy) is 1. The third-order valence-electron chi connectivity index (χ3n) is 6.08. The molecule has 2 heterocycles. The lowest BCUT2D eigenvalue weighted by atomic mass is 10.1. The van der Waals surface area contributed by atoms with Gasteiger partial charge in [0.25, 0.3) is 5.56 Å². The Bertz CT molecular complexity index is 1420. The summed E-state index contributed by atoms with van der Waals surface area (Å²) in [6.45, 7) is 2.61. The molecule has 0 amide bonds. The van der Waals surface area contributed by atoms with Crippen molar-refractivity contribution >= 4 is 38.4 Å². The first-order valence-corrected chi connectivity index (χ1v) is 11.9. The van der Waals surface area contributed by atoms with Crippen molar-refractivity contribution in [3.8, 4) is 11.5 Å². The Labute approximate surface area is 188 Å². The van der Waals surface area contributed by atoms with Crippen molar-refractivity contribution < 1.29 is 17.5 Å². The van der Waals surface area contributed by atoms with E-state index in [4.69, 9.17) is 16.3 Å². The van der Waals surface area contributed by atoms with Crippen LogP contribution in [-0.4, -0.2) is 35.4 Å². The maximum atomic E-state index is 14.6. The largest absolute Gasteiger partial charge is 0.452 e. The Morgan fingerprint density at radius 3 is 2.66 bits per heavy atom. The monoisotopic (exact) mass is 478 g/mol. The summed E-state index contributed by atoms with van der Waals surface area (Å²) in [6.07, 6.45) is 2.48. The zero-order chi connectivity index (χ0) is 22.8. The molecule has 32 heavy (non-hydrogen) atoms. The summed E-state index contributed by atoms with van der Waals surface area (Å²) < 4.78 is 51.0. The van der Waals surface area contributed by atoms with E-state index in [1.165, 1.54) is 21.3 Å². The Morgan fingerprint density at radius 1 is 1.22 bits per heavy atom. The molecule has 2 aromatic carbocycles. The standard InChI is InChI=1S/C21H20ClFN4O4S/c1-11-17(6-5-15-18(11)21(28)26(2)10-24-15)31-20-14(23)3-4-16(19(20)22)25-32(29,30)27-8-12-7-13(12)9-27/h3-6,10,12-13,25H,7-9H2,1-2H3.